The van der Waals surface area contributed by atoms with Gasteiger partial charge in [-0.25, -0.2) is 0 Å². The van der Waals surface area contributed by atoms with Crippen LogP contribution < -0.4 is 5.73 Å². The molecule has 4 heteroatoms. The highest BCUT2D eigenvalue weighted by Crippen LogP contribution is 2.16. The molecule has 0 spiro atoms. The molecule has 1 aromatic rings. The highest BCUT2D eigenvalue weighted by molar-refractivity contribution is 5.79. The molecule has 100 valence electrons. The SMILES string of the molecule is CN(CCCCCN)C(=O)Cc1ccccc1O. The number of likely N-dealkylation sites (N-methyl/N-ethyl adjacent to an activating group) is 1. The van der Waals surface area contributed by atoms with Gasteiger partial charge in [-0.1, -0.05) is 24.6 Å². The van der Waals surface area contributed by atoms with Crippen molar-refractivity contribution in [3.8, 4) is 5.75 Å². The van der Waals surface area contributed by atoms with Crippen molar-refractivity contribution < 1.29 is 9.90 Å². The van der Waals surface area contributed by atoms with Gasteiger partial charge < -0.3 is 15.7 Å². The molecule has 0 aliphatic carbocycles. The number of unbranched alkanes of at least 4 members (excludes halogenated alkanes) is 2. The lowest BCUT2D eigenvalue weighted by Crippen LogP contribution is -2.29. The molecule has 1 amide bonds. The Hall–Kier alpha value is -1.55. The molecule has 0 atom stereocenters. The van der Waals surface area contributed by atoms with Crippen molar-refractivity contribution in [2.45, 2.75) is 25.7 Å². The van der Waals surface area contributed by atoms with E-state index in [0.29, 0.717) is 12.1 Å². The fourth-order valence-corrected chi connectivity index (χ4v) is 1.75. The highest BCUT2D eigenvalue weighted by atomic mass is 16.3. The zero-order valence-corrected chi connectivity index (χ0v) is 10.9. The zero-order valence-electron chi connectivity index (χ0n) is 10.9. The first-order valence-corrected chi connectivity index (χ1v) is 6.36. The van der Waals surface area contributed by atoms with Crippen LogP contribution in [0.15, 0.2) is 24.3 Å². The summed E-state index contributed by atoms with van der Waals surface area (Å²) in [5.41, 5.74) is 6.09. The summed E-state index contributed by atoms with van der Waals surface area (Å²) in [5.74, 6) is 0.214. The van der Waals surface area contributed by atoms with Gasteiger partial charge in [-0.3, -0.25) is 4.79 Å². The molecule has 0 aromatic heterocycles. The van der Waals surface area contributed by atoms with Crippen LogP contribution in [0.1, 0.15) is 24.8 Å². The van der Waals surface area contributed by atoms with Crippen molar-refractivity contribution >= 4 is 5.91 Å². The molecular formula is C14H22N2O2. The number of nitrogens with two attached hydrogens (primary N) is 1. The lowest BCUT2D eigenvalue weighted by molar-refractivity contribution is -0.129. The predicted molar refractivity (Wildman–Crippen MR) is 72.4 cm³/mol. The van der Waals surface area contributed by atoms with Crippen molar-refractivity contribution in [3.05, 3.63) is 29.8 Å². The van der Waals surface area contributed by atoms with Crippen LogP contribution in [0.25, 0.3) is 0 Å². The molecule has 3 N–H and O–H groups in total. The lowest BCUT2D eigenvalue weighted by atomic mass is 10.1. The summed E-state index contributed by atoms with van der Waals surface area (Å²) in [6.07, 6.45) is 3.27. The number of hydrogen-bond acceptors (Lipinski definition) is 3. The fraction of sp³-hybridized carbons (Fsp3) is 0.500. The van der Waals surface area contributed by atoms with Crippen molar-refractivity contribution in [2.75, 3.05) is 20.1 Å². The third-order valence-electron chi connectivity index (χ3n) is 2.96. The number of phenolic OH excluding ortho intramolecular Hbond substituents is 1. The molecule has 0 saturated heterocycles. The maximum atomic E-state index is 11.9. The topological polar surface area (TPSA) is 66.6 Å². The van der Waals surface area contributed by atoms with E-state index in [1.165, 1.54) is 0 Å². The summed E-state index contributed by atoms with van der Waals surface area (Å²) in [6.45, 7) is 1.45. The van der Waals surface area contributed by atoms with Gasteiger partial charge in [0.15, 0.2) is 0 Å². The number of benzene rings is 1. The molecule has 0 saturated carbocycles. The van der Waals surface area contributed by atoms with E-state index in [1.54, 1.807) is 30.1 Å². The smallest absolute Gasteiger partial charge is 0.226 e. The molecule has 1 aromatic carbocycles. The van der Waals surface area contributed by atoms with Crippen LogP contribution in [-0.2, 0) is 11.2 Å². The zero-order chi connectivity index (χ0) is 13.4. The minimum Gasteiger partial charge on any atom is -0.508 e. The first-order chi connectivity index (χ1) is 8.65. The second-order valence-corrected chi connectivity index (χ2v) is 4.47. The van der Waals surface area contributed by atoms with Crippen LogP contribution in [0.2, 0.25) is 0 Å². The highest BCUT2D eigenvalue weighted by Gasteiger charge is 2.11. The molecule has 1 rings (SSSR count). The second kappa shape index (κ2) is 7.71. The number of para-hydroxylation sites is 1. The number of aromatic hydroxyl groups is 1. The van der Waals surface area contributed by atoms with Crippen LogP contribution in [0.4, 0.5) is 0 Å². The average Bonchev–Trinajstić information content (AvgIpc) is 2.37. The van der Waals surface area contributed by atoms with E-state index < -0.39 is 0 Å². The number of amides is 1. The number of carbonyl (C=O) groups is 1. The lowest BCUT2D eigenvalue weighted by Gasteiger charge is -2.17. The van der Waals surface area contributed by atoms with E-state index in [-0.39, 0.29) is 18.1 Å². The molecule has 0 aliphatic heterocycles. The van der Waals surface area contributed by atoms with Crippen LogP contribution in [0.3, 0.4) is 0 Å². The van der Waals surface area contributed by atoms with E-state index >= 15 is 0 Å². The summed E-state index contributed by atoms with van der Waals surface area (Å²) in [6, 6.07) is 6.95. The summed E-state index contributed by atoms with van der Waals surface area (Å²) < 4.78 is 0. The minimum atomic E-state index is 0.0317. The molecule has 0 radical (unpaired) electrons. The van der Waals surface area contributed by atoms with Gasteiger partial charge >= 0.3 is 0 Å². The van der Waals surface area contributed by atoms with Crippen LogP contribution in [-0.4, -0.2) is 36.1 Å². The molecule has 4 nitrogen and oxygen atoms in total. The van der Waals surface area contributed by atoms with E-state index in [2.05, 4.69) is 0 Å². The number of nitrogens with zero attached hydrogens (tertiary/aromatic N) is 1. The van der Waals surface area contributed by atoms with Gasteiger partial charge in [0.05, 0.1) is 6.42 Å². The summed E-state index contributed by atoms with van der Waals surface area (Å²) in [5, 5.41) is 9.60. The van der Waals surface area contributed by atoms with Gasteiger partial charge in [0.1, 0.15) is 5.75 Å². The predicted octanol–water partition coefficient (Wildman–Crippen LogP) is 1.52. The Morgan fingerprint density at radius 3 is 2.67 bits per heavy atom. The van der Waals surface area contributed by atoms with Crippen LogP contribution in [0, 0.1) is 0 Å². The molecule has 0 aliphatic rings. The van der Waals surface area contributed by atoms with Crippen molar-refractivity contribution in [1.82, 2.24) is 4.90 Å². The standard InChI is InChI=1S/C14H22N2O2/c1-16(10-6-2-5-9-15)14(18)11-12-7-3-4-8-13(12)17/h3-4,7-8,17H,2,5-6,9-11,15H2,1H3. The normalized spacial score (nSPS) is 10.3. The maximum absolute atomic E-state index is 11.9. The quantitative estimate of drug-likeness (QED) is 0.721. The number of phenols is 1. The molecular weight excluding hydrogens is 228 g/mol. The Labute approximate surface area is 108 Å². The summed E-state index contributed by atoms with van der Waals surface area (Å²) >= 11 is 0. The second-order valence-electron chi connectivity index (χ2n) is 4.47. The Morgan fingerprint density at radius 1 is 1.28 bits per heavy atom. The Kier molecular flexibility index (Phi) is 6.22. The maximum Gasteiger partial charge on any atom is 0.226 e. The summed E-state index contributed by atoms with van der Waals surface area (Å²) in [7, 11) is 1.80. The minimum absolute atomic E-state index is 0.0317. The molecule has 0 fully saturated rings. The summed E-state index contributed by atoms with van der Waals surface area (Å²) in [4.78, 5) is 13.6. The molecule has 18 heavy (non-hydrogen) atoms. The van der Waals surface area contributed by atoms with Gasteiger partial charge in [0.25, 0.3) is 0 Å². The van der Waals surface area contributed by atoms with Crippen molar-refractivity contribution in [3.63, 3.8) is 0 Å². The van der Waals surface area contributed by atoms with Gasteiger partial charge in [0, 0.05) is 19.2 Å². The van der Waals surface area contributed by atoms with E-state index in [4.69, 9.17) is 5.73 Å². The Balaban J connectivity index is 2.38. The monoisotopic (exact) mass is 250 g/mol. The molecule has 0 unspecified atom stereocenters. The van der Waals surface area contributed by atoms with Crippen LogP contribution in [0.5, 0.6) is 5.75 Å². The van der Waals surface area contributed by atoms with Gasteiger partial charge in [0.2, 0.25) is 5.91 Å². The first-order valence-electron chi connectivity index (χ1n) is 6.36. The van der Waals surface area contributed by atoms with Crippen molar-refractivity contribution in [2.24, 2.45) is 5.73 Å². The molecule has 0 bridgehead atoms. The number of rotatable bonds is 7. The third kappa shape index (κ3) is 4.75. The molecule has 0 heterocycles. The fourth-order valence-electron chi connectivity index (χ4n) is 1.75. The van der Waals surface area contributed by atoms with E-state index in [9.17, 15) is 9.90 Å². The van der Waals surface area contributed by atoms with E-state index in [1.807, 2.05) is 6.07 Å². The largest absolute Gasteiger partial charge is 0.508 e. The Morgan fingerprint density at radius 2 is 2.00 bits per heavy atom. The first kappa shape index (κ1) is 14.5. The van der Waals surface area contributed by atoms with Crippen LogP contribution >= 0.6 is 0 Å². The number of carbonyl (C=O) groups excluding carboxylic acids is 1. The van der Waals surface area contributed by atoms with Crippen molar-refractivity contribution in [1.29, 1.82) is 0 Å². The van der Waals surface area contributed by atoms with E-state index in [0.717, 1.165) is 25.8 Å². The Bertz CT molecular complexity index is 380. The number of hydrogen-bond donors (Lipinski definition) is 2. The third-order valence-corrected chi connectivity index (χ3v) is 2.96. The van der Waals surface area contributed by atoms with Gasteiger partial charge in [-0.2, -0.15) is 0 Å². The average molecular weight is 250 g/mol. The van der Waals surface area contributed by atoms with Gasteiger partial charge in [-0.15, -0.1) is 0 Å². The van der Waals surface area contributed by atoms with Gasteiger partial charge in [-0.05, 0) is 25.5 Å².